The van der Waals surface area contributed by atoms with Gasteiger partial charge in [-0.05, 0) is 68.4 Å². The average molecular weight is 262 g/mol. The normalized spacial score (nSPS) is 24.7. The number of aliphatic hydroxyl groups is 1. The molecular formula is C17H26O2. The molecule has 19 heavy (non-hydrogen) atoms. The van der Waals surface area contributed by atoms with Gasteiger partial charge in [-0.3, -0.25) is 0 Å². The molecule has 0 amide bonds. The molecule has 1 saturated heterocycles. The number of benzene rings is 1. The molecule has 1 aromatic carbocycles. The van der Waals surface area contributed by atoms with Crippen LogP contribution >= 0.6 is 0 Å². The van der Waals surface area contributed by atoms with Gasteiger partial charge < -0.3 is 9.84 Å². The van der Waals surface area contributed by atoms with Crippen molar-refractivity contribution in [3.63, 3.8) is 0 Å². The van der Waals surface area contributed by atoms with Gasteiger partial charge in [0.15, 0.2) is 0 Å². The molecule has 2 heteroatoms. The molecule has 2 rings (SSSR count). The summed E-state index contributed by atoms with van der Waals surface area (Å²) in [5.74, 6) is 0.239. The molecule has 1 aliphatic rings. The van der Waals surface area contributed by atoms with Crippen molar-refractivity contribution in [3.05, 3.63) is 33.9 Å². The minimum Gasteiger partial charge on any atom is -0.388 e. The lowest BCUT2D eigenvalue weighted by Gasteiger charge is -2.27. The summed E-state index contributed by atoms with van der Waals surface area (Å²) < 4.78 is 5.74. The van der Waals surface area contributed by atoms with Gasteiger partial charge in [0.2, 0.25) is 0 Å². The number of rotatable bonds is 3. The SMILES string of the molecule is CCC1OCCC1C(O)c1c(C)c(C)cc(C)c1C. The third-order valence-electron chi connectivity index (χ3n) is 4.79. The molecule has 0 aromatic heterocycles. The van der Waals surface area contributed by atoms with Crippen LogP contribution in [0.1, 0.15) is 53.7 Å². The molecule has 0 bridgehead atoms. The third-order valence-corrected chi connectivity index (χ3v) is 4.79. The van der Waals surface area contributed by atoms with E-state index in [0.29, 0.717) is 0 Å². The quantitative estimate of drug-likeness (QED) is 0.898. The molecule has 1 fully saturated rings. The van der Waals surface area contributed by atoms with Crippen LogP contribution in [0.25, 0.3) is 0 Å². The van der Waals surface area contributed by atoms with Crippen molar-refractivity contribution in [2.75, 3.05) is 6.61 Å². The molecule has 0 aliphatic carbocycles. The Morgan fingerprint density at radius 2 is 1.79 bits per heavy atom. The zero-order valence-corrected chi connectivity index (χ0v) is 12.8. The average Bonchev–Trinajstić information content (AvgIpc) is 2.84. The third kappa shape index (κ3) is 2.56. The molecule has 3 atom stereocenters. The standard InChI is InChI=1S/C17H26O2/c1-6-15-14(7-8-19-15)17(18)16-12(4)10(2)9-11(3)13(16)5/h9,14-15,17-18H,6-8H2,1-5H3. The highest BCUT2D eigenvalue weighted by atomic mass is 16.5. The Kier molecular flexibility index (Phi) is 4.32. The molecule has 0 saturated carbocycles. The van der Waals surface area contributed by atoms with Crippen molar-refractivity contribution >= 4 is 0 Å². The molecule has 0 radical (unpaired) electrons. The van der Waals surface area contributed by atoms with Gasteiger partial charge in [0.1, 0.15) is 0 Å². The van der Waals surface area contributed by atoms with Crippen LogP contribution in [0.4, 0.5) is 0 Å². The lowest BCUT2D eigenvalue weighted by Crippen LogP contribution is -2.23. The Balaban J connectivity index is 2.41. The lowest BCUT2D eigenvalue weighted by molar-refractivity contribution is 0.0302. The summed E-state index contributed by atoms with van der Waals surface area (Å²) >= 11 is 0. The van der Waals surface area contributed by atoms with Crippen LogP contribution in [0.3, 0.4) is 0 Å². The van der Waals surface area contributed by atoms with Crippen LogP contribution in [0.5, 0.6) is 0 Å². The van der Waals surface area contributed by atoms with Gasteiger partial charge in [-0.2, -0.15) is 0 Å². The largest absolute Gasteiger partial charge is 0.388 e. The predicted molar refractivity (Wildman–Crippen MR) is 78.5 cm³/mol. The van der Waals surface area contributed by atoms with Crippen molar-refractivity contribution in [2.24, 2.45) is 5.92 Å². The minimum atomic E-state index is -0.397. The second kappa shape index (κ2) is 5.64. The fourth-order valence-electron chi connectivity index (χ4n) is 3.35. The molecule has 2 nitrogen and oxygen atoms in total. The zero-order valence-electron chi connectivity index (χ0n) is 12.8. The first-order valence-corrected chi connectivity index (χ1v) is 7.34. The highest BCUT2D eigenvalue weighted by Gasteiger charge is 2.35. The predicted octanol–water partition coefficient (Wildman–Crippen LogP) is 3.77. The van der Waals surface area contributed by atoms with Gasteiger partial charge in [0.25, 0.3) is 0 Å². The van der Waals surface area contributed by atoms with E-state index in [1.54, 1.807) is 0 Å². The number of hydrogen-bond donors (Lipinski definition) is 1. The van der Waals surface area contributed by atoms with Crippen molar-refractivity contribution in [2.45, 2.75) is 59.7 Å². The van der Waals surface area contributed by atoms with Crippen molar-refractivity contribution in [1.29, 1.82) is 0 Å². The van der Waals surface area contributed by atoms with Gasteiger partial charge in [-0.15, -0.1) is 0 Å². The second-order valence-corrected chi connectivity index (χ2v) is 5.89. The van der Waals surface area contributed by atoms with Gasteiger partial charge in [0, 0.05) is 12.5 Å². The number of ether oxygens (including phenoxy) is 1. The molecule has 1 aromatic rings. The molecular weight excluding hydrogens is 236 g/mol. The summed E-state index contributed by atoms with van der Waals surface area (Å²) in [7, 11) is 0. The number of aliphatic hydroxyl groups excluding tert-OH is 1. The van der Waals surface area contributed by atoms with Gasteiger partial charge in [-0.25, -0.2) is 0 Å². The molecule has 1 heterocycles. The van der Waals surface area contributed by atoms with E-state index in [4.69, 9.17) is 4.74 Å². The second-order valence-electron chi connectivity index (χ2n) is 5.89. The first kappa shape index (κ1) is 14.5. The van der Waals surface area contributed by atoms with E-state index < -0.39 is 6.10 Å². The summed E-state index contributed by atoms with van der Waals surface area (Å²) in [6, 6.07) is 2.21. The van der Waals surface area contributed by atoms with Crippen LogP contribution in [-0.4, -0.2) is 17.8 Å². The maximum absolute atomic E-state index is 10.9. The molecule has 0 spiro atoms. The van der Waals surface area contributed by atoms with Crippen LogP contribution in [-0.2, 0) is 4.74 Å². The Bertz CT molecular complexity index is 439. The van der Waals surface area contributed by atoms with E-state index in [1.165, 1.54) is 22.3 Å². The topological polar surface area (TPSA) is 29.5 Å². The number of aryl methyl sites for hydroxylation is 2. The molecule has 1 N–H and O–H groups in total. The van der Waals surface area contributed by atoms with Crippen molar-refractivity contribution in [3.8, 4) is 0 Å². The molecule has 3 unspecified atom stereocenters. The highest BCUT2D eigenvalue weighted by Crippen LogP contribution is 2.38. The van der Waals surface area contributed by atoms with Gasteiger partial charge in [0.05, 0.1) is 12.2 Å². The van der Waals surface area contributed by atoms with E-state index in [1.807, 2.05) is 0 Å². The van der Waals surface area contributed by atoms with Crippen LogP contribution in [0, 0.1) is 33.6 Å². The first-order chi connectivity index (χ1) is 8.97. The fraction of sp³-hybridized carbons (Fsp3) is 0.647. The summed E-state index contributed by atoms with van der Waals surface area (Å²) in [6.45, 7) is 11.4. The Morgan fingerprint density at radius 1 is 1.21 bits per heavy atom. The number of hydrogen-bond acceptors (Lipinski definition) is 2. The summed E-state index contributed by atoms with van der Waals surface area (Å²) in [5, 5.41) is 10.9. The Hall–Kier alpha value is -0.860. The zero-order chi connectivity index (χ0) is 14.2. The van der Waals surface area contributed by atoms with E-state index in [9.17, 15) is 5.11 Å². The highest BCUT2D eigenvalue weighted by molar-refractivity contribution is 5.45. The maximum atomic E-state index is 10.9. The van der Waals surface area contributed by atoms with Gasteiger partial charge in [-0.1, -0.05) is 13.0 Å². The van der Waals surface area contributed by atoms with Crippen LogP contribution in [0.2, 0.25) is 0 Å². The summed E-state index contributed by atoms with van der Waals surface area (Å²) in [5.41, 5.74) is 6.13. The smallest absolute Gasteiger partial charge is 0.0849 e. The van der Waals surface area contributed by atoms with E-state index in [-0.39, 0.29) is 12.0 Å². The maximum Gasteiger partial charge on any atom is 0.0849 e. The molecule has 106 valence electrons. The Labute approximate surface area is 116 Å². The lowest BCUT2D eigenvalue weighted by atomic mass is 9.82. The van der Waals surface area contributed by atoms with Crippen molar-refractivity contribution in [1.82, 2.24) is 0 Å². The summed E-state index contributed by atoms with van der Waals surface area (Å²) in [6.07, 6.45) is 1.75. The fourth-order valence-corrected chi connectivity index (χ4v) is 3.35. The Morgan fingerprint density at radius 3 is 2.32 bits per heavy atom. The van der Waals surface area contributed by atoms with E-state index >= 15 is 0 Å². The van der Waals surface area contributed by atoms with Crippen LogP contribution < -0.4 is 0 Å². The monoisotopic (exact) mass is 262 g/mol. The van der Waals surface area contributed by atoms with E-state index in [2.05, 4.69) is 40.7 Å². The molecule has 1 aliphatic heterocycles. The van der Waals surface area contributed by atoms with Crippen LogP contribution in [0.15, 0.2) is 6.07 Å². The van der Waals surface area contributed by atoms with Gasteiger partial charge >= 0.3 is 0 Å². The first-order valence-electron chi connectivity index (χ1n) is 7.34. The van der Waals surface area contributed by atoms with Crippen molar-refractivity contribution < 1.29 is 9.84 Å². The van der Waals surface area contributed by atoms with E-state index in [0.717, 1.165) is 25.0 Å². The summed E-state index contributed by atoms with van der Waals surface area (Å²) in [4.78, 5) is 0. The minimum absolute atomic E-state index is 0.203.